The molecule has 1 saturated heterocycles. The summed E-state index contributed by atoms with van der Waals surface area (Å²) in [5.74, 6) is 0. The number of nitrogens with one attached hydrogen (secondary N) is 4. The summed E-state index contributed by atoms with van der Waals surface area (Å²) in [6.07, 6.45) is 0. The Labute approximate surface area is 61.7 Å². The minimum Gasteiger partial charge on any atom is -0.314 e. The van der Waals surface area contributed by atoms with Gasteiger partial charge < -0.3 is 10.6 Å². The number of rotatable bonds is 0. The molecule has 0 saturated carbocycles. The Hall–Kier alpha value is -0.160. The highest BCUT2D eigenvalue weighted by Crippen LogP contribution is 1.63. The summed E-state index contributed by atoms with van der Waals surface area (Å²) < 4.78 is 0. The van der Waals surface area contributed by atoms with Crippen LogP contribution in [0.1, 0.15) is 0 Å². The summed E-state index contributed by atoms with van der Waals surface area (Å²) >= 11 is 0. The van der Waals surface area contributed by atoms with Crippen molar-refractivity contribution < 1.29 is 0 Å². The van der Waals surface area contributed by atoms with Gasteiger partial charge in [0.15, 0.2) is 0 Å². The molecule has 0 aromatic rings. The van der Waals surface area contributed by atoms with Crippen LogP contribution in [0.2, 0.25) is 0 Å². The second kappa shape index (κ2) is 5.61. The van der Waals surface area contributed by atoms with Gasteiger partial charge in [-0.2, -0.15) is 0 Å². The normalized spacial score (nSPS) is 24.0. The molecule has 1 heterocycles. The van der Waals surface area contributed by atoms with E-state index >= 15 is 0 Å². The third-order valence-corrected chi connectivity index (χ3v) is 1.46. The van der Waals surface area contributed by atoms with Crippen LogP contribution in [-0.4, -0.2) is 39.3 Å². The molecule has 1 rings (SSSR count). The Bertz CT molecular complexity index is 42.9. The fourth-order valence-electron chi connectivity index (χ4n) is 0.905. The van der Waals surface area contributed by atoms with Crippen LogP contribution in [0.15, 0.2) is 0 Å². The Balaban J connectivity index is 2.00. The fourth-order valence-corrected chi connectivity index (χ4v) is 0.905. The van der Waals surface area contributed by atoms with E-state index in [2.05, 4.69) is 21.5 Å². The van der Waals surface area contributed by atoms with E-state index in [0.717, 1.165) is 39.3 Å². The van der Waals surface area contributed by atoms with Gasteiger partial charge in [0, 0.05) is 39.3 Å². The molecule has 1 aliphatic heterocycles. The first-order valence-corrected chi connectivity index (χ1v) is 3.87. The van der Waals surface area contributed by atoms with Crippen molar-refractivity contribution in [2.75, 3.05) is 39.3 Å². The largest absolute Gasteiger partial charge is 0.314 e. The van der Waals surface area contributed by atoms with Gasteiger partial charge in [0.05, 0.1) is 0 Å². The molecule has 1 fully saturated rings. The fraction of sp³-hybridized carbons (Fsp3) is 1.00. The van der Waals surface area contributed by atoms with Gasteiger partial charge in [-0.25, -0.2) is 0 Å². The SMILES string of the molecule is C1CNCCNNCCN1. The van der Waals surface area contributed by atoms with Gasteiger partial charge in [-0.15, -0.1) is 0 Å². The zero-order valence-electron chi connectivity index (χ0n) is 6.24. The molecule has 4 N–H and O–H groups in total. The molecule has 0 unspecified atom stereocenters. The van der Waals surface area contributed by atoms with Gasteiger partial charge >= 0.3 is 0 Å². The quantitative estimate of drug-likeness (QED) is 0.326. The van der Waals surface area contributed by atoms with Gasteiger partial charge in [0.25, 0.3) is 0 Å². The number of hydrazine groups is 1. The van der Waals surface area contributed by atoms with E-state index in [0.29, 0.717) is 0 Å². The zero-order chi connectivity index (χ0) is 7.07. The molecule has 0 aliphatic carbocycles. The van der Waals surface area contributed by atoms with E-state index in [1.165, 1.54) is 0 Å². The highest BCUT2D eigenvalue weighted by molar-refractivity contribution is 4.56. The van der Waals surface area contributed by atoms with Gasteiger partial charge in [0.1, 0.15) is 0 Å². The Morgan fingerprint density at radius 2 is 0.900 bits per heavy atom. The lowest BCUT2D eigenvalue weighted by Gasteiger charge is -2.11. The first-order valence-electron chi connectivity index (χ1n) is 3.87. The average Bonchev–Trinajstić information content (AvgIpc) is 2.01. The van der Waals surface area contributed by atoms with E-state index in [4.69, 9.17) is 0 Å². The summed E-state index contributed by atoms with van der Waals surface area (Å²) in [4.78, 5) is 0. The highest BCUT2D eigenvalue weighted by atomic mass is 15.4. The first-order chi connectivity index (χ1) is 5.00. The van der Waals surface area contributed by atoms with Gasteiger partial charge in [-0.3, -0.25) is 10.9 Å². The van der Waals surface area contributed by atoms with Crippen LogP contribution in [0.4, 0.5) is 0 Å². The number of hydrogen-bond donors (Lipinski definition) is 4. The van der Waals surface area contributed by atoms with Crippen molar-refractivity contribution in [3.63, 3.8) is 0 Å². The monoisotopic (exact) mass is 144 g/mol. The van der Waals surface area contributed by atoms with Crippen molar-refractivity contribution in [2.24, 2.45) is 0 Å². The van der Waals surface area contributed by atoms with Crippen LogP contribution in [-0.2, 0) is 0 Å². The van der Waals surface area contributed by atoms with E-state index in [1.54, 1.807) is 0 Å². The highest BCUT2D eigenvalue weighted by Gasteiger charge is 1.91. The molecule has 0 amide bonds. The maximum atomic E-state index is 3.29. The Morgan fingerprint density at radius 1 is 0.500 bits per heavy atom. The molecule has 0 aromatic heterocycles. The van der Waals surface area contributed by atoms with Crippen LogP contribution < -0.4 is 21.5 Å². The third-order valence-electron chi connectivity index (χ3n) is 1.46. The lowest BCUT2D eigenvalue weighted by molar-refractivity contribution is 0.476. The van der Waals surface area contributed by atoms with E-state index in [1.807, 2.05) is 0 Å². The summed E-state index contributed by atoms with van der Waals surface area (Å²) in [5, 5.41) is 6.58. The lowest BCUT2D eigenvalue weighted by Crippen LogP contribution is -2.44. The molecule has 4 heteroatoms. The van der Waals surface area contributed by atoms with Crippen molar-refractivity contribution >= 4 is 0 Å². The van der Waals surface area contributed by atoms with Crippen LogP contribution in [0.3, 0.4) is 0 Å². The third kappa shape index (κ3) is 3.79. The lowest BCUT2D eigenvalue weighted by atomic mass is 10.5. The Morgan fingerprint density at radius 3 is 1.40 bits per heavy atom. The molecule has 0 aromatic carbocycles. The minimum absolute atomic E-state index is 1.00. The topological polar surface area (TPSA) is 48.1 Å². The molecule has 60 valence electrons. The van der Waals surface area contributed by atoms with Crippen molar-refractivity contribution in [3.05, 3.63) is 0 Å². The number of hydrogen-bond acceptors (Lipinski definition) is 4. The summed E-state index contributed by atoms with van der Waals surface area (Å²) in [6, 6.07) is 0. The van der Waals surface area contributed by atoms with Crippen LogP contribution in [0.5, 0.6) is 0 Å². The van der Waals surface area contributed by atoms with Gasteiger partial charge in [0.2, 0.25) is 0 Å². The molecule has 10 heavy (non-hydrogen) atoms. The predicted molar refractivity (Wildman–Crippen MR) is 41.7 cm³/mol. The maximum absolute atomic E-state index is 3.29. The molecule has 4 nitrogen and oxygen atoms in total. The van der Waals surface area contributed by atoms with Gasteiger partial charge in [-0.05, 0) is 0 Å². The minimum atomic E-state index is 1.00. The van der Waals surface area contributed by atoms with E-state index < -0.39 is 0 Å². The zero-order valence-corrected chi connectivity index (χ0v) is 6.24. The summed E-state index contributed by atoms with van der Waals surface area (Å²) in [7, 11) is 0. The smallest absolute Gasteiger partial charge is 0.0225 e. The van der Waals surface area contributed by atoms with Crippen LogP contribution >= 0.6 is 0 Å². The van der Waals surface area contributed by atoms with Crippen molar-refractivity contribution in [2.45, 2.75) is 0 Å². The summed E-state index contributed by atoms with van der Waals surface area (Å²) in [6.45, 7) is 6.22. The standard InChI is InChI=1S/C6H16N4/c1-2-8-4-6-10-9-5-3-7-1/h7-10H,1-6H2. The molecule has 0 radical (unpaired) electrons. The molecule has 0 spiro atoms. The van der Waals surface area contributed by atoms with Crippen LogP contribution in [0.25, 0.3) is 0 Å². The maximum Gasteiger partial charge on any atom is 0.0225 e. The molecule has 1 aliphatic rings. The van der Waals surface area contributed by atoms with Crippen molar-refractivity contribution in [1.29, 1.82) is 0 Å². The van der Waals surface area contributed by atoms with E-state index in [9.17, 15) is 0 Å². The van der Waals surface area contributed by atoms with Crippen molar-refractivity contribution in [3.8, 4) is 0 Å². The second-order valence-corrected chi connectivity index (χ2v) is 2.35. The van der Waals surface area contributed by atoms with Crippen LogP contribution in [0, 0.1) is 0 Å². The molecule has 0 bridgehead atoms. The molecule has 0 atom stereocenters. The Kier molecular flexibility index (Phi) is 4.46. The second-order valence-electron chi connectivity index (χ2n) is 2.35. The van der Waals surface area contributed by atoms with Gasteiger partial charge in [-0.1, -0.05) is 0 Å². The van der Waals surface area contributed by atoms with E-state index in [-0.39, 0.29) is 0 Å². The molecular weight excluding hydrogens is 128 g/mol. The van der Waals surface area contributed by atoms with Crippen molar-refractivity contribution in [1.82, 2.24) is 21.5 Å². The average molecular weight is 144 g/mol. The molecular formula is C6H16N4. The first kappa shape index (κ1) is 7.94. The summed E-state index contributed by atoms with van der Waals surface area (Å²) in [5.41, 5.74) is 6.20. The predicted octanol–water partition coefficient (Wildman–Crippen LogP) is -1.73.